The zero-order chi connectivity index (χ0) is 24.9. The molecule has 35 heavy (non-hydrogen) atoms. The molecule has 1 aromatic carbocycles. The van der Waals surface area contributed by atoms with Crippen LogP contribution in [-0.4, -0.2) is 37.9 Å². The molecule has 1 aliphatic heterocycles. The number of allylic oxidation sites excluding steroid dienone is 1. The molecule has 1 unspecified atom stereocenters. The quantitative estimate of drug-likeness (QED) is 0.449. The van der Waals surface area contributed by atoms with E-state index in [1.54, 1.807) is 30.5 Å². The second kappa shape index (κ2) is 10.4. The fourth-order valence-corrected chi connectivity index (χ4v) is 4.45. The summed E-state index contributed by atoms with van der Waals surface area (Å²) >= 11 is 0. The number of nitrogens with two attached hydrogens (primary N) is 2. The Morgan fingerprint density at radius 1 is 1.20 bits per heavy atom. The fraction of sp³-hybridized carbons (Fsp3) is 0.308. The van der Waals surface area contributed by atoms with Crippen molar-refractivity contribution in [3.05, 3.63) is 77.5 Å². The molecule has 3 aromatic rings. The number of aryl methyl sites for hydroxylation is 1. The van der Waals surface area contributed by atoms with Crippen molar-refractivity contribution in [1.82, 2.24) is 19.5 Å². The van der Waals surface area contributed by atoms with Crippen LogP contribution >= 0.6 is 0 Å². The minimum Gasteiger partial charge on any atom is -0.368 e. The van der Waals surface area contributed by atoms with Crippen LogP contribution in [0.4, 0.5) is 5.82 Å². The van der Waals surface area contributed by atoms with E-state index < -0.39 is 5.91 Å². The molecular weight excluding hydrogens is 442 g/mol. The van der Waals surface area contributed by atoms with E-state index in [1.807, 2.05) is 38.3 Å². The molecule has 5 N–H and O–H groups in total. The maximum Gasteiger partial charge on any atom is 0.269 e. The first-order valence-electron chi connectivity index (χ1n) is 11.9. The van der Waals surface area contributed by atoms with Crippen molar-refractivity contribution in [3.63, 3.8) is 0 Å². The van der Waals surface area contributed by atoms with E-state index >= 15 is 0 Å². The second-order valence-corrected chi connectivity index (χ2v) is 8.57. The molecule has 2 aromatic heterocycles. The monoisotopic (exact) mass is 473 g/mol. The highest BCUT2D eigenvalue weighted by molar-refractivity contribution is 6.04. The van der Waals surface area contributed by atoms with E-state index in [-0.39, 0.29) is 17.6 Å². The lowest BCUT2D eigenvalue weighted by Gasteiger charge is -2.34. The smallest absolute Gasteiger partial charge is 0.269 e. The van der Waals surface area contributed by atoms with Gasteiger partial charge in [0.15, 0.2) is 11.5 Å². The lowest BCUT2D eigenvalue weighted by molar-refractivity contribution is 0.0990. The maximum atomic E-state index is 12.7. The van der Waals surface area contributed by atoms with Crippen LogP contribution in [-0.2, 0) is 6.42 Å². The average Bonchev–Trinajstić information content (AvgIpc) is 3.22. The third-order valence-corrected chi connectivity index (χ3v) is 6.25. The third kappa shape index (κ3) is 5.03. The number of aromatic nitrogens is 3. The van der Waals surface area contributed by atoms with E-state index in [4.69, 9.17) is 16.6 Å². The molecule has 4 rings (SSSR count). The van der Waals surface area contributed by atoms with Crippen molar-refractivity contribution in [2.24, 2.45) is 5.73 Å². The number of nitrogens with zero attached hydrogens (tertiary/aromatic N) is 4. The van der Waals surface area contributed by atoms with Gasteiger partial charge in [-0.25, -0.2) is 14.6 Å². The van der Waals surface area contributed by atoms with Crippen LogP contribution in [0.25, 0.3) is 11.3 Å². The second-order valence-electron chi connectivity index (χ2n) is 8.57. The molecule has 0 saturated carbocycles. The van der Waals surface area contributed by atoms with E-state index in [9.17, 15) is 9.59 Å². The van der Waals surface area contributed by atoms with E-state index in [2.05, 4.69) is 15.2 Å². The largest absolute Gasteiger partial charge is 0.368 e. The minimum absolute atomic E-state index is 0.0479. The summed E-state index contributed by atoms with van der Waals surface area (Å²) in [7, 11) is 0. The van der Waals surface area contributed by atoms with Crippen molar-refractivity contribution in [1.29, 1.82) is 0 Å². The fourth-order valence-electron chi connectivity index (χ4n) is 4.45. The van der Waals surface area contributed by atoms with Gasteiger partial charge in [-0.3, -0.25) is 9.59 Å². The lowest BCUT2D eigenvalue weighted by atomic mass is 10.0. The molecule has 2 amide bonds. The van der Waals surface area contributed by atoms with Crippen LogP contribution < -0.4 is 16.9 Å². The Morgan fingerprint density at radius 2 is 1.97 bits per heavy atom. The van der Waals surface area contributed by atoms with E-state index in [0.717, 1.165) is 37.8 Å². The van der Waals surface area contributed by atoms with Crippen molar-refractivity contribution in [2.75, 3.05) is 17.7 Å². The predicted octanol–water partition coefficient (Wildman–Crippen LogP) is 3.63. The minimum atomic E-state index is -0.654. The van der Waals surface area contributed by atoms with Crippen LogP contribution in [0, 0.1) is 0 Å². The Labute approximate surface area is 204 Å². The number of pyridine rings is 1. The van der Waals surface area contributed by atoms with Gasteiger partial charge in [0.1, 0.15) is 11.5 Å². The zero-order valence-electron chi connectivity index (χ0n) is 20.1. The van der Waals surface area contributed by atoms with Gasteiger partial charge >= 0.3 is 0 Å². The van der Waals surface area contributed by atoms with Crippen LogP contribution in [0.2, 0.25) is 0 Å². The van der Waals surface area contributed by atoms with Crippen molar-refractivity contribution in [2.45, 2.75) is 45.6 Å². The number of likely N-dealkylation sites (tertiary alicyclic amines) is 1. The first-order chi connectivity index (χ1) is 16.9. The van der Waals surface area contributed by atoms with Crippen LogP contribution in [0.1, 0.15) is 71.4 Å². The van der Waals surface area contributed by atoms with Crippen molar-refractivity contribution in [3.8, 4) is 11.3 Å². The normalized spacial score (nSPS) is 15.9. The summed E-state index contributed by atoms with van der Waals surface area (Å²) in [5, 5.41) is 2.82. The molecule has 1 aliphatic rings. The van der Waals surface area contributed by atoms with Gasteiger partial charge in [0, 0.05) is 23.9 Å². The number of primary amides is 1. The molecule has 1 atom stereocenters. The Hall–Kier alpha value is -4.14. The molecule has 3 heterocycles. The summed E-state index contributed by atoms with van der Waals surface area (Å²) in [5.74, 6) is 6.51. The zero-order valence-corrected chi connectivity index (χ0v) is 20.1. The molecule has 1 fully saturated rings. The highest BCUT2D eigenvalue weighted by Gasteiger charge is 2.30. The highest BCUT2D eigenvalue weighted by atomic mass is 16.2. The molecule has 1 saturated heterocycles. The molecule has 182 valence electrons. The van der Waals surface area contributed by atoms with Crippen molar-refractivity contribution >= 4 is 17.6 Å². The number of carbonyl (C=O) groups is 2. The number of benzene rings is 1. The van der Waals surface area contributed by atoms with Gasteiger partial charge in [-0.05, 0) is 68.6 Å². The van der Waals surface area contributed by atoms with Gasteiger partial charge in [-0.2, -0.15) is 0 Å². The summed E-state index contributed by atoms with van der Waals surface area (Å²) in [6, 6.07) is 10.6. The number of nitrogens with one attached hydrogen (secondary N) is 1. The average molecular weight is 474 g/mol. The highest BCUT2D eigenvalue weighted by Crippen LogP contribution is 2.33. The number of nitrogen functional groups attached to an aromatic ring is 1. The summed E-state index contributed by atoms with van der Waals surface area (Å²) in [6.07, 6.45) is 9.55. The SMILES string of the molecule is CC=CN1CCCCC1c1nc(-c2ccc(C(=O)Nc3cc(CC)ccn3)cc2)c(C(N)=O)n1N. The number of hydrogen-bond acceptors (Lipinski definition) is 6. The maximum absolute atomic E-state index is 12.7. The summed E-state index contributed by atoms with van der Waals surface area (Å²) < 4.78 is 1.32. The number of imidazole rings is 1. The molecule has 9 nitrogen and oxygen atoms in total. The topological polar surface area (TPSA) is 132 Å². The van der Waals surface area contributed by atoms with Gasteiger partial charge in [0.05, 0.1) is 6.04 Å². The molecule has 0 bridgehead atoms. The Morgan fingerprint density at radius 3 is 2.66 bits per heavy atom. The molecular formula is C26H31N7O2. The number of anilines is 1. The Kier molecular flexibility index (Phi) is 7.14. The summed E-state index contributed by atoms with van der Waals surface area (Å²) in [5.41, 5.74) is 8.44. The van der Waals surface area contributed by atoms with E-state index in [0.29, 0.717) is 28.5 Å². The first kappa shape index (κ1) is 24.0. The van der Waals surface area contributed by atoms with Crippen LogP contribution in [0.15, 0.2) is 54.9 Å². The number of piperidine rings is 1. The molecule has 9 heteroatoms. The Bertz CT molecular complexity index is 1250. The Balaban J connectivity index is 1.62. The van der Waals surface area contributed by atoms with Gasteiger partial charge in [-0.1, -0.05) is 25.1 Å². The van der Waals surface area contributed by atoms with Crippen LogP contribution in [0.5, 0.6) is 0 Å². The van der Waals surface area contributed by atoms with E-state index in [1.165, 1.54) is 4.68 Å². The van der Waals surface area contributed by atoms with Crippen LogP contribution in [0.3, 0.4) is 0 Å². The number of carbonyl (C=O) groups excluding carboxylic acids is 2. The van der Waals surface area contributed by atoms with Crippen molar-refractivity contribution < 1.29 is 9.59 Å². The molecule has 0 radical (unpaired) electrons. The van der Waals surface area contributed by atoms with Gasteiger partial charge in [0.25, 0.3) is 11.8 Å². The predicted molar refractivity (Wildman–Crippen MR) is 136 cm³/mol. The number of rotatable bonds is 7. The number of hydrogen-bond donors (Lipinski definition) is 3. The lowest BCUT2D eigenvalue weighted by Crippen LogP contribution is -2.33. The molecule has 0 spiro atoms. The molecule has 0 aliphatic carbocycles. The summed E-state index contributed by atoms with van der Waals surface area (Å²) in [6.45, 7) is 4.90. The summed E-state index contributed by atoms with van der Waals surface area (Å²) in [4.78, 5) is 36.2. The third-order valence-electron chi connectivity index (χ3n) is 6.25. The standard InChI is InChI=1S/C26H31N7O2/c1-3-14-32-15-6-5-7-20(32)25-31-22(23(24(27)34)33(25)28)18-8-10-19(11-9-18)26(35)30-21-16-17(4-2)12-13-29-21/h3,8-14,16,20H,4-7,15,28H2,1-2H3,(H2,27,34)(H,29,30,35). The van der Waals surface area contributed by atoms with Gasteiger partial charge in [-0.15, -0.1) is 0 Å². The van der Waals surface area contributed by atoms with Gasteiger partial charge < -0.3 is 21.8 Å². The number of amides is 2. The first-order valence-corrected chi connectivity index (χ1v) is 11.9. The van der Waals surface area contributed by atoms with Gasteiger partial charge in [0.2, 0.25) is 0 Å².